The molecule has 114 valence electrons. The first-order chi connectivity index (χ1) is 11.1. The van der Waals surface area contributed by atoms with Crippen LogP contribution in [0.1, 0.15) is 21.5 Å². The number of aromatic nitrogens is 1. The second-order valence-electron chi connectivity index (χ2n) is 5.83. The van der Waals surface area contributed by atoms with Gasteiger partial charge in [0.05, 0.1) is 5.52 Å². The Labute approximate surface area is 133 Å². The van der Waals surface area contributed by atoms with E-state index >= 15 is 0 Å². The van der Waals surface area contributed by atoms with Crippen molar-refractivity contribution in [2.75, 3.05) is 11.4 Å². The summed E-state index contributed by atoms with van der Waals surface area (Å²) in [6.45, 7) is 2.59. The number of halogens is 1. The smallest absolute Gasteiger partial charge is 0.259 e. The van der Waals surface area contributed by atoms with E-state index < -0.39 is 5.82 Å². The van der Waals surface area contributed by atoms with Crippen LogP contribution in [0.3, 0.4) is 0 Å². The van der Waals surface area contributed by atoms with Gasteiger partial charge >= 0.3 is 0 Å². The fourth-order valence-electron chi connectivity index (χ4n) is 3.11. The van der Waals surface area contributed by atoms with Crippen molar-refractivity contribution in [1.29, 1.82) is 0 Å². The van der Waals surface area contributed by atoms with Gasteiger partial charge in [0.1, 0.15) is 11.6 Å². The van der Waals surface area contributed by atoms with E-state index in [1.54, 1.807) is 17.0 Å². The standard InChI is InChI=1S/C19H15FN2O/c1-12-4-2-5-13-10-14-8-9-22(18(14)21-17(12)13)19(23)15-6-3-7-16(20)11-15/h2-7,10-11H,8-9H2,1H3. The Bertz CT molecular complexity index is 936. The largest absolute Gasteiger partial charge is 0.292 e. The minimum absolute atomic E-state index is 0.205. The predicted octanol–water partition coefficient (Wildman–Crippen LogP) is 3.89. The number of amides is 1. The number of pyridine rings is 1. The number of para-hydroxylation sites is 1. The van der Waals surface area contributed by atoms with Crippen molar-refractivity contribution in [2.24, 2.45) is 0 Å². The van der Waals surface area contributed by atoms with Crippen molar-refractivity contribution in [2.45, 2.75) is 13.3 Å². The maximum Gasteiger partial charge on any atom is 0.259 e. The molecule has 23 heavy (non-hydrogen) atoms. The van der Waals surface area contributed by atoms with Gasteiger partial charge < -0.3 is 0 Å². The van der Waals surface area contributed by atoms with E-state index in [4.69, 9.17) is 4.98 Å². The second kappa shape index (κ2) is 5.16. The van der Waals surface area contributed by atoms with Crippen LogP contribution in [-0.4, -0.2) is 17.4 Å². The zero-order valence-corrected chi connectivity index (χ0v) is 12.7. The lowest BCUT2D eigenvalue weighted by Crippen LogP contribution is -2.29. The molecule has 1 aliphatic rings. The fourth-order valence-corrected chi connectivity index (χ4v) is 3.11. The summed E-state index contributed by atoms with van der Waals surface area (Å²) in [5.41, 5.74) is 3.40. The van der Waals surface area contributed by atoms with Crippen molar-refractivity contribution in [3.63, 3.8) is 0 Å². The molecule has 3 aromatic rings. The van der Waals surface area contributed by atoms with Gasteiger partial charge in [0, 0.05) is 17.5 Å². The summed E-state index contributed by atoms with van der Waals surface area (Å²) in [4.78, 5) is 19.1. The van der Waals surface area contributed by atoms with E-state index in [9.17, 15) is 9.18 Å². The lowest BCUT2D eigenvalue weighted by atomic mass is 10.1. The van der Waals surface area contributed by atoms with Gasteiger partial charge in [0.15, 0.2) is 0 Å². The molecule has 0 fully saturated rings. The summed E-state index contributed by atoms with van der Waals surface area (Å²) in [6, 6.07) is 14.0. The Morgan fingerprint density at radius 3 is 2.83 bits per heavy atom. The molecular weight excluding hydrogens is 291 g/mol. The summed E-state index contributed by atoms with van der Waals surface area (Å²) < 4.78 is 13.4. The summed E-state index contributed by atoms with van der Waals surface area (Å²) in [5.74, 6) is 0.0855. The molecule has 0 atom stereocenters. The Morgan fingerprint density at radius 2 is 2.00 bits per heavy atom. The number of carbonyl (C=O) groups is 1. The van der Waals surface area contributed by atoms with Crippen molar-refractivity contribution in [3.05, 3.63) is 71.0 Å². The van der Waals surface area contributed by atoms with Gasteiger partial charge in [-0.15, -0.1) is 0 Å². The van der Waals surface area contributed by atoms with Gasteiger partial charge in [0.2, 0.25) is 0 Å². The number of carbonyl (C=O) groups excluding carboxylic acids is 1. The average molecular weight is 306 g/mol. The highest BCUT2D eigenvalue weighted by Crippen LogP contribution is 2.31. The minimum Gasteiger partial charge on any atom is -0.292 e. The van der Waals surface area contributed by atoms with Crippen molar-refractivity contribution >= 4 is 22.6 Å². The third-order valence-electron chi connectivity index (χ3n) is 4.28. The van der Waals surface area contributed by atoms with Crippen LogP contribution in [0.5, 0.6) is 0 Å². The molecule has 1 amide bonds. The zero-order chi connectivity index (χ0) is 16.0. The average Bonchev–Trinajstić information content (AvgIpc) is 2.96. The van der Waals surface area contributed by atoms with Gasteiger partial charge in [0.25, 0.3) is 5.91 Å². The Hall–Kier alpha value is -2.75. The molecule has 0 aliphatic carbocycles. The number of aryl methyl sites for hydroxylation is 1. The van der Waals surface area contributed by atoms with Crippen LogP contribution < -0.4 is 4.90 Å². The molecule has 0 bridgehead atoms. The SMILES string of the molecule is Cc1cccc2cc3c(nc12)N(C(=O)c1cccc(F)c1)CC3. The monoisotopic (exact) mass is 306 g/mol. The molecule has 1 aliphatic heterocycles. The molecule has 0 unspecified atom stereocenters. The Balaban J connectivity index is 1.80. The Morgan fingerprint density at radius 1 is 1.17 bits per heavy atom. The van der Waals surface area contributed by atoms with Crippen molar-refractivity contribution in [3.8, 4) is 0 Å². The van der Waals surface area contributed by atoms with E-state index in [1.165, 1.54) is 12.1 Å². The van der Waals surface area contributed by atoms with Gasteiger partial charge in [-0.2, -0.15) is 0 Å². The third-order valence-corrected chi connectivity index (χ3v) is 4.28. The molecule has 2 aromatic carbocycles. The molecule has 2 heterocycles. The van der Waals surface area contributed by atoms with Gasteiger partial charge in [-0.05, 0) is 48.7 Å². The molecular formula is C19H15FN2O. The molecule has 4 heteroatoms. The number of rotatable bonds is 1. The number of anilines is 1. The maximum atomic E-state index is 13.4. The first-order valence-electron chi connectivity index (χ1n) is 7.60. The molecule has 4 rings (SSSR count). The van der Waals surface area contributed by atoms with E-state index in [1.807, 2.05) is 25.1 Å². The topological polar surface area (TPSA) is 33.2 Å². The van der Waals surface area contributed by atoms with Crippen LogP contribution in [0, 0.1) is 12.7 Å². The zero-order valence-electron chi connectivity index (χ0n) is 12.7. The highest BCUT2D eigenvalue weighted by Gasteiger charge is 2.27. The van der Waals surface area contributed by atoms with Crippen LogP contribution in [0.15, 0.2) is 48.5 Å². The number of benzene rings is 2. The molecule has 0 spiro atoms. The van der Waals surface area contributed by atoms with Crippen LogP contribution in [-0.2, 0) is 6.42 Å². The molecule has 0 saturated carbocycles. The van der Waals surface area contributed by atoms with Crippen LogP contribution >= 0.6 is 0 Å². The first-order valence-corrected chi connectivity index (χ1v) is 7.60. The van der Waals surface area contributed by atoms with Crippen LogP contribution in [0.2, 0.25) is 0 Å². The quantitative estimate of drug-likeness (QED) is 0.683. The maximum absolute atomic E-state index is 13.4. The minimum atomic E-state index is -0.405. The van der Waals surface area contributed by atoms with Crippen molar-refractivity contribution < 1.29 is 9.18 Å². The second-order valence-corrected chi connectivity index (χ2v) is 5.83. The Kier molecular flexibility index (Phi) is 3.11. The summed E-state index contributed by atoms with van der Waals surface area (Å²) in [7, 11) is 0. The van der Waals surface area contributed by atoms with Crippen LogP contribution in [0.25, 0.3) is 10.9 Å². The third kappa shape index (κ3) is 2.27. The van der Waals surface area contributed by atoms with E-state index in [-0.39, 0.29) is 5.91 Å². The van der Waals surface area contributed by atoms with E-state index in [0.717, 1.165) is 28.5 Å². The first kappa shape index (κ1) is 13.9. The molecule has 0 saturated heterocycles. The van der Waals surface area contributed by atoms with Crippen LogP contribution in [0.4, 0.5) is 10.2 Å². The summed E-state index contributed by atoms with van der Waals surface area (Å²) in [6.07, 6.45) is 0.771. The van der Waals surface area contributed by atoms with E-state index in [2.05, 4.69) is 6.07 Å². The number of hydrogen-bond donors (Lipinski definition) is 0. The lowest BCUT2D eigenvalue weighted by Gasteiger charge is -2.17. The predicted molar refractivity (Wildman–Crippen MR) is 88.3 cm³/mol. The van der Waals surface area contributed by atoms with Crippen molar-refractivity contribution in [1.82, 2.24) is 4.98 Å². The number of hydrogen-bond acceptors (Lipinski definition) is 2. The molecule has 0 radical (unpaired) electrons. The highest BCUT2D eigenvalue weighted by molar-refractivity contribution is 6.07. The molecule has 1 aromatic heterocycles. The van der Waals surface area contributed by atoms with Gasteiger partial charge in [-0.25, -0.2) is 9.37 Å². The summed E-state index contributed by atoms with van der Waals surface area (Å²) in [5, 5.41) is 1.09. The van der Waals surface area contributed by atoms with Gasteiger partial charge in [-0.3, -0.25) is 9.69 Å². The molecule has 0 N–H and O–H groups in total. The number of nitrogens with zero attached hydrogens (tertiary/aromatic N) is 2. The highest BCUT2D eigenvalue weighted by atomic mass is 19.1. The van der Waals surface area contributed by atoms with E-state index in [0.29, 0.717) is 17.9 Å². The summed E-state index contributed by atoms with van der Waals surface area (Å²) >= 11 is 0. The van der Waals surface area contributed by atoms with Gasteiger partial charge in [-0.1, -0.05) is 24.3 Å². The normalized spacial score (nSPS) is 13.4. The fraction of sp³-hybridized carbons (Fsp3) is 0.158. The molecule has 3 nitrogen and oxygen atoms in total. The number of fused-ring (bicyclic) bond motifs is 2. The lowest BCUT2D eigenvalue weighted by molar-refractivity contribution is 0.0988.